The standard InChI is InChI=1S/C26H26FN3O3/c1-33-21-12-8-19(9-13-21)23(15-18-5-10-20(27)11-6-18)28-25(31)4-2-3-17-7-14-22-24(16-17)30-26(32)29-22/h5-14,16,23H,2-4,15H2,1H3,(H,28,31)(H2,29,30,32). The van der Waals surface area contributed by atoms with Crippen LogP contribution in [0.15, 0.2) is 71.5 Å². The molecule has 6 nitrogen and oxygen atoms in total. The highest BCUT2D eigenvalue weighted by Crippen LogP contribution is 2.22. The van der Waals surface area contributed by atoms with E-state index in [1.54, 1.807) is 19.2 Å². The second-order valence-corrected chi connectivity index (χ2v) is 8.04. The monoisotopic (exact) mass is 447 g/mol. The minimum absolute atomic E-state index is 0.0472. The Balaban J connectivity index is 1.39. The predicted molar refractivity (Wildman–Crippen MR) is 126 cm³/mol. The van der Waals surface area contributed by atoms with Crippen LogP contribution in [0.5, 0.6) is 5.75 Å². The summed E-state index contributed by atoms with van der Waals surface area (Å²) in [5, 5.41) is 3.13. The number of aryl methyl sites for hydroxylation is 1. The second-order valence-electron chi connectivity index (χ2n) is 8.04. The number of amides is 1. The first kappa shape index (κ1) is 22.3. The molecular weight excluding hydrogens is 421 g/mol. The lowest BCUT2D eigenvalue weighted by atomic mass is 9.98. The molecule has 3 aromatic carbocycles. The van der Waals surface area contributed by atoms with E-state index in [4.69, 9.17) is 4.74 Å². The molecule has 0 aliphatic rings. The van der Waals surface area contributed by atoms with Gasteiger partial charge in [-0.25, -0.2) is 9.18 Å². The van der Waals surface area contributed by atoms with Crippen molar-refractivity contribution in [3.63, 3.8) is 0 Å². The van der Waals surface area contributed by atoms with Crippen molar-refractivity contribution in [3.8, 4) is 5.75 Å². The third-order valence-corrected chi connectivity index (χ3v) is 5.66. The van der Waals surface area contributed by atoms with Crippen molar-refractivity contribution >= 4 is 16.9 Å². The van der Waals surface area contributed by atoms with Crippen LogP contribution < -0.4 is 15.7 Å². The van der Waals surface area contributed by atoms with Crippen LogP contribution in [0.2, 0.25) is 0 Å². The van der Waals surface area contributed by atoms with Crippen LogP contribution in [0.1, 0.15) is 35.6 Å². The summed E-state index contributed by atoms with van der Waals surface area (Å²) < 4.78 is 18.5. The van der Waals surface area contributed by atoms with Crippen molar-refractivity contribution in [2.45, 2.75) is 31.7 Å². The smallest absolute Gasteiger partial charge is 0.323 e. The Kier molecular flexibility index (Phi) is 6.88. The van der Waals surface area contributed by atoms with Crippen molar-refractivity contribution in [3.05, 3.63) is 99.7 Å². The molecule has 3 N–H and O–H groups in total. The van der Waals surface area contributed by atoms with E-state index in [1.807, 2.05) is 42.5 Å². The van der Waals surface area contributed by atoms with Gasteiger partial charge in [0, 0.05) is 6.42 Å². The number of carbonyl (C=O) groups excluding carboxylic acids is 1. The molecule has 1 heterocycles. The van der Waals surface area contributed by atoms with Crippen molar-refractivity contribution < 1.29 is 13.9 Å². The Hall–Kier alpha value is -3.87. The van der Waals surface area contributed by atoms with Gasteiger partial charge in [-0.1, -0.05) is 30.3 Å². The van der Waals surface area contributed by atoms with Crippen molar-refractivity contribution in [1.82, 2.24) is 15.3 Å². The van der Waals surface area contributed by atoms with Crippen LogP contribution in [-0.2, 0) is 17.6 Å². The molecule has 4 rings (SSSR count). The van der Waals surface area contributed by atoms with Crippen LogP contribution in [0.3, 0.4) is 0 Å². The summed E-state index contributed by atoms with van der Waals surface area (Å²) in [6.45, 7) is 0. The quantitative estimate of drug-likeness (QED) is 0.355. The zero-order valence-electron chi connectivity index (χ0n) is 18.4. The van der Waals surface area contributed by atoms with Gasteiger partial charge in [0.05, 0.1) is 24.2 Å². The molecule has 0 aliphatic heterocycles. The van der Waals surface area contributed by atoms with Crippen molar-refractivity contribution in [1.29, 1.82) is 0 Å². The number of aromatic amines is 2. The van der Waals surface area contributed by atoms with Crippen LogP contribution in [0, 0.1) is 5.82 Å². The average molecular weight is 448 g/mol. The maximum Gasteiger partial charge on any atom is 0.323 e. The molecule has 1 amide bonds. The summed E-state index contributed by atoms with van der Waals surface area (Å²) in [5.74, 6) is 0.408. The molecular formula is C26H26FN3O3. The third kappa shape index (κ3) is 5.88. The van der Waals surface area contributed by atoms with E-state index in [-0.39, 0.29) is 23.5 Å². The predicted octanol–water partition coefficient (Wildman–Crippen LogP) is 4.43. The van der Waals surface area contributed by atoms with Gasteiger partial charge in [0.25, 0.3) is 0 Å². The van der Waals surface area contributed by atoms with Gasteiger partial charge in [0.1, 0.15) is 11.6 Å². The Labute approximate surface area is 190 Å². The number of benzene rings is 3. The van der Waals surface area contributed by atoms with E-state index in [2.05, 4.69) is 15.3 Å². The number of carbonyl (C=O) groups is 1. The highest BCUT2D eigenvalue weighted by Gasteiger charge is 2.16. The number of imidazole rings is 1. The lowest BCUT2D eigenvalue weighted by Gasteiger charge is -2.20. The summed E-state index contributed by atoms with van der Waals surface area (Å²) in [5.41, 5.74) is 4.25. The number of nitrogens with one attached hydrogen (secondary N) is 3. The number of halogens is 1. The van der Waals surface area contributed by atoms with Gasteiger partial charge < -0.3 is 20.0 Å². The van der Waals surface area contributed by atoms with E-state index in [0.717, 1.165) is 39.9 Å². The lowest BCUT2D eigenvalue weighted by Crippen LogP contribution is -2.29. The Morgan fingerprint density at radius 2 is 1.67 bits per heavy atom. The minimum Gasteiger partial charge on any atom is -0.497 e. The molecule has 0 radical (unpaired) electrons. The summed E-state index contributed by atoms with van der Waals surface area (Å²) in [4.78, 5) is 29.6. The number of H-pyrrole nitrogens is 2. The van der Waals surface area contributed by atoms with Gasteiger partial charge in [0.15, 0.2) is 0 Å². The normalized spacial score (nSPS) is 11.9. The fraction of sp³-hybridized carbons (Fsp3) is 0.231. The van der Waals surface area contributed by atoms with Gasteiger partial charge in [-0.3, -0.25) is 4.79 Å². The van der Waals surface area contributed by atoms with Gasteiger partial charge >= 0.3 is 5.69 Å². The molecule has 1 atom stereocenters. The minimum atomic E-state index is -0.286. The summed E-state index contributed by atoms with van der Waals surface area (Å²) in [7, 11) is 1.61. The summed E-state index contributed by atoms with van der Waals surface area (Å²) in [6.07, 6.45) is 2.33. The molecule has 0 spiro atoms. The average Bonchev–Trinajstić information content (AvgIpc) is 3.19. The van der Waals surface area contributed by atoms with E-state index in [0.29, 0.717) is 19.3 Å². The third-order valence-electron chi connectivity index (χ3n) is 5.66. The fourth-order valence-corrected chi connectivity index (χ4v) is 3.90. The first-order valence-electron chi connectivity index (χ1n) is 10.9. The molecule has 1 aromatic heterocycles. The van der Waals surface area contributed by atoms with Gasteiger partial charge in [-0.2, -0.15) is 0 Å². The molecule has 33 heavy (non-hydrogen) atoms. The number of hydrogen-bond acceptors (Lipinski definition) is 3. The SMILES string of the molecule is COc1ccc(C(Cc2ccc(F)cc2)NC(=O)CCCc2ccc3[nH]c(=O)[nH]c3c2)cc1. The Morgan fingerprint density at radius 3 is 2.39 bits per heavy atom. The van der Waals surface area contributed by atoms with Crippen LogP contribution in [0.4, 0.5) is 4.39 Å². The Bertz CT molecular complexity index is 1280. The largest absolute Gasteiger partial charge is 0.497 e. The second kappa shape index (κ2) is 10.2. The van der Waals surface area contributed by atoms with E-state index in [9.17, 15) is 14.0 Å². The maximum absolute atomic E-state index is 13.3. The zero-order valence-corrected chi connectivity index (χ0v) is 18.4. The maximum atomic E-state index is 13.3. The van der Waals surface area contributed by atoms with Gasteiger partial charge in [-0.15, -0.1) is 0 Å². The molecule has 0 aliphatic carbocycles. The first-order chi connectivity index (χ1) is 16.0. The van der Waals surface area contributed by atoms with E-state index >= 15 is 0 Å². The fourth-order valence-electron chi connectivity index (χ4n) is 3.90. The number of fused-ring (bicyclic) bond motifs is 1. The number of rotatable bonds is 9. The lowest BCUT2D eigenvalue weighted by molar-refractivity contribution is -0.121. The van der Waals surface area contributed by atoms with Gasteiger partial charge in [0.2, 0.25) is 5.91 Å². The van der Waals surface area contributed by atoms with Crippen LogP contribution in [-0.4, -0.2) is 23.0 Å². The topological polar surface area (TPSA) is 87.0 Å². The van der Waals surface area contributed by atoms with E-state index < -0.39 is 0 Å². The number of methoxy groups -OCH3 is 1. The first-order valence-corrected chi connectivity index (χ1v) is 10.9. The van der Waals surface area contributed by atoms with Crippen molar-refractivity contribution in [2.75, 3.05) is 7.11 Å². The number of aromatic nitrogens is 2. The van der Waals surface area contributed by atoms with Crippen LogP contribution in [0.25, 0.3) is 11.0 Å². The molecule has 0 bridgehead atoms. The van der Waals surface area contributed by atoms with Gasteiger partial charge in [-0.05, 0) is 72.4 Å². The van der Waals surface area contributed by atoms with Crippen molar-refractivity contribution in [2.24, 2.45) is 0 Å². The van der Waals surface area contributed by atoms with Crippen LogP contribution >= 0.6 is 0 Å². The summed E-state index contributed by atoms with van der Waals surface area (Å²) >= 11 is 0. The molecule has 0 saturated heterocycles. The highest BCUT2D eigenvalue weighted by molar-refractivity contribution is 5.77. The summed E-state index contributed by atoms with van der Waals surface area (Å²) in [6, 6.07) is 19.4. The Morgan fingerprint density at radius 1 is 0.970 bits per heavy atom. The molecule has 1 unspecified atom stereocenters. The molecule has 0 fully saturated rings. The highest BCUT2D eigenvalue weighted by atomic mass is 19.1. The molecule has 7 heteroatoms. The van der Waals surface area contributed by atoms with E-state index in [1.165, 1.54) is 12.1 Å². The number of hydrogen-bond donors (Lipinski definition) is 3. The molecule has 0 saturated carbocycles. The molecule has 4 aromatic rings. The zero-order chi connectivity index (χ0) is 23.2. The molecule has 170 valence electrons. The number of ether oxygens (including phenoxy) is 1.